The Balaban J connectivity index is 2.56. The Bertz CT molecular complexity index is 170. The van der Waals surface area contributed by atoms with E-state index in [0.29, 0.717) is 0 Å². The van der Waals surface area contributed by atoms with Crippen LogP contribution in [0.2, 0.25) is 0 Å². The summed E-state index contributed by atoms with van der Waals surface area (Å²) in [6.45, 7) is 3.18. The zero-order valence-corrected chi connectivity index (χ0v) is 6.81. The zero-order chi connectivity index (χ0) is 9.19. The van der Waals surface area contributed by atoms with Gasteiger partial charge in [0, 0.05) is 12.8 Å². The van der Waals surface area contributed by atoms with E-state index in [1.807, 2.05) is 0 Å². The minimum Gasteiger partial charge on any atom is -0.394 e. The molecule has 3 N–H and O–H groups in total. The lowest BCUT2D eigenvalue weighted by Crippen LogP contribution is -2.28. The van der Waals surface area contributed by atoms with Crippen LogP contribution in [0.1, 0.15) is 12.8 Å². The molecule has 4 nitrogen and oxygen atoms in total. The van der Waals surface area contributed by atoms with Crippen molar-refractivity contribution < 1.29 is 20.1 Å². The van der Waals surface area contributed by atoms with Crippen molar-refractivity contribution in [2.45, 2.75) is 30.8 Å². The van der Waals surface area contributed by atoms with Crippen LogP contribution >= 0.6 is 0 Å². The third kappa shape index (κ3) is 1.84. The van der Waals surface area contributed by atoms with Crippen LogP contribution in [0.5, 0.6) is 0 Å². The molecule has 70 valence electrons. The van der Waals surface area contributed by atoms with Gasteiger partial charge in [-0.1, -0.05) is 6.08 Å². The van der Waals surface area contributed by atoms with Crippen molar-refractivity contribution in [3.8, 4) is 0 Å². The summed E-state index contributed by atoms with van der Waals surface area (Å²) in [5, 5.41) is 27.6. The molecule has 3 atom stereocenters. The van der Waals surface area contributed by atoms with Crippen LogP contribution < -0.4 is 0 Å². The lowest BCUT2D eigenvalue weighted by atomic mass is 10.1. The summed E-state index contributed by atoms with van der Waals surface area (Å²) in [5.41, 5.74) is 0. The number of hydrogen-bond acceptors (Lipinski definition) is 4. The number of aliphatic hydroxyl groups excluding tert-OH is 2. The van der Waals surface area contributed by atoms with Gasteiger partial charge in [0.1, 0.15) is 6.10 Å². The summed E-state index contributed by atoms with van der Waals surface area (Å²) in [6.07, 6.45) is 0.451. The highest BCUT2D eigenvalue weighted by molar-refractivity contribution is 4.90. The van der Waals surface area contributed by atoms with E-state index in [-0.39, 0.29) is 19.4 Å². The van der Waals surface area contributed by atoms with Crippen LogP contribution in [-0.2, 0) is 4.74 Å². The molecular formula is C8H14O4. The maximum absolute atomic E-state index is 9.60. The van der Waals surface area contributed by atoms with E-state index in [2.05, 4.69) is 6.58 Å². The molecule has 12 heavy (non-hydrogen) atoms. The van der Waals surface area contributed by atoms with E-state index >= 15 is 0 Å². The Hall–Kier alpha value is -0.420. The highest BCUT2D eigenvalue weighted by atomic mass is 16.6. The lowest BCUT2D eigenvalue weighted by molar-refractivity contribution is -0.195. The minimum absolute atomic E-state index is 0.129. The third-order valence-electron chi connectivity index (χ3n) is 1.97. The molecule has 1 fully saturated rings. The highest BCUT2D eigenvalue weighted by Gasteiger charge is 2.43. The second-order valence-electron chi connectivity index (χ2n) is 3.05. The molecule has 1 heterocycles. The SMILES string of the molecule is C=CCC1(O)C[C@@H](O)[C@H](CO)O1. The van der Waals surface area contributed by atoms with Crippen LogP contribution in [0.25, 0.3) is 0 Å². The van der Waals surface area contributed by atoms with Gasteiger partial charge in [-0.25, -0.2) is 0 Å². The Morgan fingerprint density at radius 1 is 1.67 bits per heavy atom. The van der Waals surface area contributed by atoms with Gasteiger partial charge in [-0.2, -0.15) is 0 Å². The van der Waals surface area contributed by atoms with Crippen molar-refractivity contribution in [1.29, 1.82) is 0 Å². The van der Waals surface area contributed by atoms with Gasteiger partial charge in [-0.05, 0) is 0 Å². The zero-order valence-electron chi connectivity index (χ0n) is 6.81. The number of aliphatic hydroxyl groups is 3. The highest BCUT2D eigenvalue weighted by Crippen LogP contribution is 2.31. The molecule has 0 aromatic rings. The molecule has 0 amide bonds. The Kier molecular flexibility index (Phi) is 2.85. The first-order valence-corrected chi connectivity index (χ1v) is 3.91. The molecule has 0 aromatic carbocycles. The molecule has 0 radical (unpaired) electrons. The summed E-state index contributed by atoms with van der Waals surface area (Å²) in [7, 11) is 0. The van der Waals surface area contributed by atoms with Crippen molar-refractivity contribution in [3.05, 3.63) is 12.7 Å². The fourth-order valence-electron chi connectivity index (χ4n) is 1.38. The molecule has 0 aromatic heterocycles. The summed E-state index contributed by atoms with van der Waals surface area (Å²) >= 11 is 0. The number of hydrogen-bond donors (Lipinski definition) is 3. The maximum atomic E-state index is 9.60. The van der Waals surface area contributed by atoms with Gasteiger partial charge in [0.2, 0.25) is 0 Å². The summed E-state index contributed by atoms with van der Waals surface area (Å²) in [4.78, 5) is 0. The molecule has 0 bridgehead atoms. The Morgan fingerprint density at radius 3 is 2.75 bits per heavy atom. The van der Waals surface area contributed by atoms with Crippen molar-refractivity contribution >= 4 is 0 Å². The Morgan fingerprint density at radius 2 is 2.33 bits per heavy atom. The molecular weight excluding hydrogens is 160 g/mol. The van der Waals surface area contributed by atoms with Gasteiger partial charge in [-0.3, -0.25) is 0 Å². The average Bonchev–Trinajstić information content (AvgIpc) is 2.27. The summed E-state index contributed by atoms with van der Waals surface area (Å²) in [6, 6.07) is 0. The molecule has 1 aliphatic heterocycles. The molecule has 1 aliphatic rings. The van der Waals surface area contributed by atoms with E-state index < -0.39 is 18.0 Å². The van der Waals surface area contributed by atoms with Gasteiger partial charge in [0.15, 0.2) is 5.79 Å². The van der Waals surface area contributed by atoms with Gasteiger partial charge in [-0.15, -0.1) is 6.58 Å². The molecule has 0 aliphatic carbocycles. The van der Waals surface area contributed by atoms with Crippen LogP contribution in [0, 0.1) is 0 Å². The molecule has 0 spiro atoms. The molecule has 4 heteroatoms. The maximum Gasteiger partial charge on any atom is 0.172 e. The average molecular weight is 174 g/mol. The molecule has 1 saturated heterocycles. The van der Waals surface area contributed by atoms with E-state index in [1.165, 1.54) is 6.08 Å². The number of ether oxygens (including phenoxy) is 1. The Labute approximate surface area is 71.1 Å². The van der Waals surface area contributed by atoms with Crippen LogP contribution in [0.4, 0.5) is 0 Å². The van der Waals surface area contributed by atoms with Crippen molar-refractivity contribution in [2.75, 3.05) is 6.61 Å². The first kappa shape index (κ1) is 9.67. The quantitative estimate of drug-likeness (QED) is 0.499. The number of rotatable bonds is 3. The molecule has 0 saturated carbocycles. The predicted molar refractivity (Wildman–Crippen MR) is 42.3 cm³/mol. The fraction of sp³-hybridized carbons (Fsp3) is 0.750. The largest absolute Gasteiger partial charge is 0.394 e. The van der Waals surface area contributed by atoms with Gasteiger partial charge < -0.3 is 20.1 Å². The van der Waals surface area contributed by atoms with Crippen molar-refractivity contribution in [3.63, 3.8) is 0 Å². The van der Waals surface area contributed by atoms with Crippen molar-refractivity contribution in [2.24, 2.45) is 0 Å². The van der Waals surface area contributed by atoms with Crippen LogP contribution in [0.15, 0.2) is 12.7 Å². The smallest absolute Gasteiger partial charge is 0.172 e. The monoisotopic (exact) mass is 174 g/mol. The standard InChI is InChI=1S/C8H14O4/c1-2-3-8(11)4-6(10)7(5-9)12-8/h2,6-7,9-11H,1,3-5H2/t6-,7+,8?/m1/s1. The van der Waals surface area contributed by atoms with E-state index in [9.17, 15) is 10.2 Å². The second-order valence-corrected chi connectivity index (χ2v) is 3.05. The van der Waals surface area contributed by atoms with Gasteiger partial charge in [0.05, 0.1) is 12.7 Å². The second kappa shape index (κ2) is 3.53. The van der Waals surface area contributed by atoms with Gasteiger partial charge in [0.25, 0.3) is 0 Å². The normalized spacial score (nSPS) is 41.6. The van der Waals surface area contributed by atoms with Crippen LogP contribution in [0.3, 0.4) is 0 Å². The predicted octanol–water partition coefficient (Wildman–Crippen LogP) is -0.607. The first-order valence-electron chi connectivity index (χ1n) is 3.91. The third-order valence-corrected chi connectivity index (χ3v) is 1.97. The van der Waals surface area contributed by atoms with E-state index in [0.717, 1.165) is 0 Å². The van der Waals surface area contributed by atoms with E-state index in [1.54, 1.807) is 0 Å². The van der Waals surface area contributed by atoms with Crippen molar-refractivity contribution in [1.82, 2.24) is 0 Å². The minimum atomic E-state index is -1.34. The molecule has 1 unspecified atom stereocenters. The summed E-state index contributed by atoms with van der Waals surface area (Å²) < 4.78 is 5.04. The van der Waals surface area contributed by atoms with E-state index in [4.69, 9.17) is 9.84 Å². The fourth-order valence-corrected chi connectivity index (χ4v) is 1.38. The molecule has 1 rings (SSSR count). The first-order chi connectivity index (χ1) is 5.61. The topological polar surface area (TPSA) is 69.9 Å². The lowest BCUT2D eigenvalue weighted by Gasteiger charge is -2.20. The van der Waals surface area contributed by atoms with Gasteiger partial charge >= 0.3 is 0 Å². The van der Waals surface area contributed by atoms with Crippen LogP contribution in [-0.4, -0.2) is 39.9 Å². The summed E-state index contributed by atoms with van der Waals surface area (Å²) in [5.74, 6) is -1.34.